The Morgan fingerprint density at radius 3 is 2.60 bits per heavy atom. The summed E-state index contributed by atoms with van der Waals surface area (Å²) in [5.41, 5.74) is 3.45. The van der Waals surface area contributed by atoms with Gasteiger partial charge in [-0.2, -0.15) is 5.10 Å². The van der Waals surface area contributed by atoms with Gasteiger partial charge in [-0.3, -0.25) is 9.59 Å². The summed E-state index contributed by atoms with van der Waals surface area (Å²) < 4.78 is 16.2. The van der Waals surface area contributed by atoms with Crippen LogP contribution in [0.4, 0.5) is 0 Å². The first kappa shape index (κ1) is 21.1. The van der Waals surface area contributed by atoms with Gasteiger partial charge in [-0.1, -0.05) is 0 Å². The normalized spacial score (nSPS) is 13.8. The lowest BCUT2D eigenvalue weighted by Crippen LogP contribution is -2.43. The smallest absolute Gasteiger partial charge is 0.271 e. The van der Waals surface area contributed by atoms with Crippen LogP contribution in [-0.2, 0) is 9.53 Å². The average molecular weight is 413 g/mol. The molecule has 158 valence electrons. The number of carbonyl (C=O) groups excluding carboxylic acids is 2. The molecule has 1 fully saturated rings. The second-order valence-electron chi connectivity index (χ2n) is 6.44. The number of methoxy groups -OCH3 is 1. The van der Waals surface area contributed by atoms with Gasteiger partial charge in [0, 0.05) is 18.7 Å². The molecule has 3 rings (SSSR count). The monoisotopic (exact) mass is 413 g/mol. The molecule has 1 saturated heterocycles. The van der Waals surface area contributed by atoms with Crippen LogP contribution >= 0.6 is 0 Å². The zero-order valence-electron chi connectivity index (χ0n) is 16.5. The second-order valence-corrected chi connectivity index (χ2v) is 6.44. The summed E-state index contributed by atoms with van der Waals surface area (Å²) in [6, 6.07) is 10.9. The van der Waals surface area contributed by atoms with Crippen molar-refractivity contribution in [2.24, 2.45) is 5.10 Å². The highest BCUT2D eigenvalue weighted by Gasteiger charge is 2.18. The summed E-state index contributed by atoms with van der Waals surface area (Å²) in [5, 5.41) is 13.2. The lowest BCUT2D eigenvalue weighted by atomic mass is 10.2. The zero-order valence-corrected chi connectivity index (χ0v) is 16.5. The Balaban J connectivity index is 1.56. The largest absolute Gasteiger partial charge is 0.508 e. The van der Waals surface area contributed by atoms with E-state index >= 15 is 0 Å². The molecule has 2 aromatic carbocycles. The van der Waals surface area contributed by atoms with Crippen LogP contribution in [0.1, 0.15) is 15.9 Å². The molecule has 0 saturated carbocycles. The number of hydrogen-bond acceptors (Lipinski definition) is 7. The molecule has 0 aromatic heterocycles. The third-order valence-electron chi connectivity index (χ3n) is 4.41. The standard InChI is InChI=1S/C21H23N3O6/c1-28-19-12-15(13-22-23-21(27)16-3-5-17(25)6-4-16)2-7-18(19)30-14-20(26)24-8-10-29-11-9-24/h2-7,12-13,25H,8-11,14H2,1H3,(H,23,27)/b22-13-. The third kappa shape index (κ3) is 5.71. The summed E-state index contributed by atoms with van der Waals surface area (Å²) in [7, 11) is 1.50. The molecule has 0 aliphatic carbocycles. The Hall–Kier alpha value is -3.59. The molecule has 2 aromatic rings. The lowest BCUT2D eigenvalue weighted by molar-refractivity contribution is -0.137. The van der Waals surface area contributed by atoms with Crippen LogP contribution in [0.2, 0.25) is 0 Å². The molecule has 9 heteroatoms. The molecule has 2 amide bonds. The zero-order chi connectivity index (χ0) is 21.3. The number of aromatic hydroxyl groups is 1. The number of phenolic OH excluding ortho intramolecular Hbond substituents is 1. The Morgan fingerprint density at radius 1 is 1.17 bits per heavy atom. The van der Waals surface area contributed by atoms with E-state index in [9.17, 15) is 14.7 Å². The van der Waals surface area contributed by atoms with Crippen LogP contribution in [0.25, 0.3) is 0 Å². The van der Waals surface area contributed by atoms with E-state index in [0.717, 1.165) is 0 Å². The number of hydrogen-bond donors (Lipinski definition) is 2. The van der Waals surface area contributed by atoms with Crippen molar-refractivity contribution in [3.05, 3.63) is 53.6 Å². The SMILES string of the molecule is COc1cc(/C=N\NC(=O)c2ccc(O)cc2)ccc1OCC(=O)N1CCOCC1. The minimum atomic E-state index is -0.403. The fourth-order valence-corrected chi connectivity index (χ4v) is 2.77. The van der Waals surface area contributed by atoms with Gasteiger partial charge in [0.05, 0.1) is 26.5 Å². The summed E-state index contributed by atoms with van der Waals surface area (Å²) >= 11 is 0. The molecule has 0 atom stereocenters. The molecule has 30 heavy (non-hydrogen) atoms. The van der Waals surface area contributed by atoms with Gasteiger partial charge in [-0.25, -0.2) is 5.43 Å². The molecule has 0 radical (unpaired) electrons. The highest BCUT2D eigenvalue weighted by Crippen LogP contribution is 2.27. The molecule has 0 spiro atoms. The van der Waals surface area contributed by atoms with Crippen LogP contribution in [0.5, 0.6) is 17.2 Å². The van der Waals surface area contributed by atoms with Gasteiger partial charge >= 0.3 is 0 Å². The van der Waals surface area contributed by atoms with Crippen LogP contribution in [0.15, 0.2) is 47.6 Å². The Morgan fingerprint density at radius 2 is 1.90 bits per heavy atom. The summed E-state index contributed by atoms with van der Waals surface area (Å²) in [6.07, 6.45) is 1.46. The number of morpholine rings is 1. The molecule has 2 N–H and O–H groups in total. The number of hydrazone groups is 1. The van der Waals surface area contributed by atoms with E-state index in [1.165, 1.54) is 37.6 Å². The van der Waals surface area contributed by atoms with Crippen LogP contribution in [-0.4, -0.2) is 68.1 Å². The number of phenols is 1. The van der Waals surface area contributed by atoms with Crippen molar-refractivity contribution >= 4 is 18.0 Å². The van der Waals surface area contributed by atoms with Crippen LogP contribution in [0.3, 0.4) is 0 Å². The molecule has 0 bridgehead atoms. The van der Waals surface area contributed by atoms with E-state index in [0.29, 0.717) is 48.9 Å². The lowest BCUT2D eigenvalue weighted by Gasteiger charge is -2.26. The van der Waals surface area contributed by atoms with Crippen molar-refractivity contribution in [1.29, 1.82) is 0 Å². The van der Waals surface area contributed by atoms with Gasteiger partial charge in [-0.05, 0) is 48.0 Å². The van der Waals surface area contributed by atoms with Crippen molar-refractivity contribution in [1.82, 2.24) is 10.3 Å². The highest BCUT2D eigenvalue weighted by molar-refractivity contribution is 5.95. The van der Waals surface area contributed by atoms with Gasteiger partial charge in [0.25, 0.3) is 11.8 Å². The molecule has 1 aliphatic heterocycles. The number of benzene rings is 2. The van der Waals surface area contributed by atoms with Crippen LogP contribution < -0.4 is 14.9 Å². The van der Waals surface area contributed by atoms with Crippen molar-refractivity contribution in [3.8, 4) is 17.2 Å². The fourth-order valence-electron chi connectivity index (χ4n) is 2.77. The van der Waals surface area contributed by atoms with Crippen molar-refractivity contribution in [3.63, 3.8) is 0 Å². The number of amides is 2. The second kappa shape index (κ2) is 10.3. The van der Waals surface area contributed by atoms with E-state index in [2.05, 4.69) is 10.5 Å². The summed E-state index contributed by atoms with van der Waals surface area (Å²) in [5.74, 6) is 0.446. The van der Waals surface area contributed by atoms with E-state index in [1.807, 2.05) is 0 Å². The predicted octanol–water partition coefficient (Wildman–Crippen LogP) is 1.40. The Bertz CT molecular complexity index is 907. The van der Waals surface area contributed by atoms with E-state index in [-0.39, 0.29) is 18.3 Å². The third-order valence-corrected chi connectivity index (χ3v) is 4.41. The minimum absolute atomic E-state index is 0.0797. The first-order valence-electron chi connectivity index (χ1n) is 9.35. The number of ether oxygens (including phenoxy) is 3. The van der Waals surface area contributed by atoms with Gasteiger partial charge in [-0.15, -0.1) is 0 Å². The quantitative estimate of drug-likeness (QED) is 0.525. The Kier molecular flexibility index (Phi) is 7.23. The maximum atomic E-state index is 12.2. The fraction of sp³-hybridized carbons (Fsp3) is 0.286. The topological polar surface area (TPSA) is 110 Å². The van der Waals surface area contributed by atoms with Crippen molar-refractivity contribution < 1.29 is 28.9 Å². The van der Waals surface area contributed by atoms with Crippen LogP contribution in [0, 0.1) is 0 Å². The van der Waals surface area contributed by atoms with Gasteiger partial charge in [0.1, 0.15) is 5.75 Å². The number of carbonyl (C=O) groups is 2. The number of nitrogens with one attached hydrogen (secondary N) is 1. The number of rotatable bonds is 7. The van der Waals surface area contributed by atoms with E-state index in [1.54, 1.807) is 23.1 Å². The van der Waals surface area contributed by atoms with E-state index < -0.39 is 5.91 Å². The summed E-state index contributed by atoms with van der Waals surface area (Å²) in [4.78, 5) is 25.9. The molecule has 1 aliphatic rings. The minimum Gasteiger partial charge on any atom is -0.508 e. The number of nitrogens with zero attached hydrogens (tertiary/aromatic N) is 2. The molecule has 9 nitrogen and oxygen atoms in total. The molecular formula is C21H23N3O6. The first-order valence-corrected chi connectivity index (χ1v) is 9.35. The van der Waals surface area contributed by atoms with Crippen molar-refractivity contribution in [2.45, 2.75) is 0 Å². The summed E-state index contributed by atoms with van der Waals surface area (Å²) in [6.45, 7) is 2.10. The molecule has 0 unspecified atom stereocenters. The predicted molar refractivity (Wildman–Crippen MR) is 109 cm³/mol. The van der Waals surface area contributed by atoms with Gasteiger partial charge < -0.3 is 24.2 Å². The maximum absolute atomic E-state index is 12.2. The van der Waals surface area contributed by atoms with Crippen molar-refractivity contribution in [2.75, 3.05) is 40.0 Å². The van der Waals surface area contributed by atoms with E-state index in [4.69, 9.17) is 14.2 Å². The van der Waals surface area contributed by atoms with Gasteiger partial charge in [0.15, 0.2) is 18.1 Å². The molecule has 1 heterocycles. The first-order chi connectivity index (χ1) is 14.6. The average Bonchev–Trinajstić information content (AvgIpc) is 2.78. The van der Waals surface area contributed by atoms with Gasteiger partial charge in [0.2, 0.25) is 0 Å². The highest BCUT2D eigenvalue weighted by atomic mass is 16.5. The Labute approximate surface area is 173 Å². The molecular weight excluding hydrogens is 390 g/mol. The maximum Gasteiger partial charge on any atom is 0.271 e.